The predicted molar refractivity (Wildman–Crippen MR) is 108 cm³/mol. The fourth-order valence-electron chi connectivity index (χ4n) is 3.27. The molecular formula is C21H16N2O4S. The molecular weight excluding hydrogens is 376 g/mol. The quantitative estimate of drug-likeness (QED) is 0.346. The largest absolute Gasteiger partial charge is 0.505 e. The first-order valence-electron chi connectivity index (χ1n) is 8.48. The molecule has 0 aliphatic rings. The topological polar surface area (TPSA) is 99.3 Å². The zero-order valence-corrected chi connectivity index (χ0v) is 15.7. The second-order valence-corrected chi connectivity index (χ2v) is 7.80. The van der Waals surface area contributed by atoms with Gasteiger partial charge in [0, 0.05) is 16.2 Å². The molecule has 0 unspecified atom stereocenters. The molecule has 0 aliphatic heterocycles. The third-order valence-corrected chi connectivity index (χ3v) is 5.52. The van der Waals surface area contributed by atoms with Gasteiger partial charge in [0.05, 0.1) is 5.69 Å². The number of benzene rings is 4. The highest BCUT2D eigenvalue weighted by Gasteiger charge is 2.16. The maximum Gasteiger partial charge on any atom is 0.295 e. The first-order chi connectivity index (χ1) is 13.4. The zero-order valence-electron chi connectivity index (χ0n) is 14.9. The molecule has 0 atom stereocenters. The summed E-state index contributed by atoms with van der Waals surface area (Å²) in [5, 5.41) is 21.5. The standard InChI is InChI=1S/C21H16N2O4S/c1-13-12-19(21(24)17-9-5-2-6-14(13)17)23-22-18-10-11-20(28(25,26)27)16-8-4-3-7-15(16)18/h2-12,24H,1H3,(H,25,26,27). The van der Waals surface area contributed by atoms with Crippen molar-refractivity contribution in [2.45, 2.75) is 11.8 Å². The van der Waals surface area contributed by atoms with Crippen LogP contribution in [0.25, 0.3) is 21.5 Å². The molecule has 0 radical (unpaired) electrons. The molecule has 0 aromatic heterocycles. The van der Waals surface area contributed by atoms with Crippen LogP contribution in [0.5, 0.6) is 5.75 Å². The van der Waals surface area contributed by atoms with E-state index in [0.29, 0.717) is 27.5 Å². The number of aromatic hydroxyl groups is 1. The molecule has 7 heteroatoms. The van der Waals surface area contributed by atoms with Crippen LogP contribution in [-0.2, 0) is 10.1 Å². The summed E-state index contributed by atoms with van der Waals surface area (Å²) >= 11 is 0. The van der Waals surface area contributed by atoms with E-state index in [2.05, 4.69) is 10.2 Å². The molecule has 6 nitrogen and oxygen atoms in total. The third kappa shape index (κ3) is 3.11. The van der Waals surface area contributed by atoms with Crippen molar-refractivity contribution in [3.63, 3.8) is 0 Å². The molecule has 0 bridgehead atoms. The first kappa shape index (κ1) is 18.1. The number of nitrogens with zero attached hydrogens (tertiary/aromatic N) is 2. The lowest BCUT2D eigenvalue weighted by Crippen LogP contribution is -1.98. The van der Waals surface area contributed by atoms with E-state index in [0.717, 1.165) is 10.9 Å². The van der Waals surface area contributed by atoms with Crippen molar-refractivity contribution >= 4 is 43.0 Å². The van der Waals surface area contributed by atoms with E-state index in [1.54, 1.807) is 30.3 Å². The van der Waals surface area contributed by atoms with Gasteiger partial charge in [-0.15, -0.1) is 10.2 Å². The minimum Gasteiger partial charge on any atom is -0.505 e. The highest BCUT2D eigenvalue weighted by Crippen LogP contribution is 2.38. The van der Waals surface area contributed by atoms with Crippen LogP contribution in [-0.4, -0.2) is 18.1 Å². The summed E-state index contributed by atoms with van der Waals surface area (Å²) in [7, 11) is -4.36. The van der Waals surface area contributed by atoms with E-state index in [1.807, 2.05) is 31.2 Å². The van der Waals surface area contributed by atoms with Crippen LogP contribution in [0.4, 0.5) is 11.4 Å². The Labute approximate surface area is 161 Å². The monoisotopic (exact) mass is 392 g/mol. The molecule has 0 saturated heterocycles. The van der Waals surface area contributed by atoms with Crippen LogP contribution in [0.3, 0.4) is 0 Å². The summed E-state index contributed by atoms with van der Waals surface area (Å²) in [6.07, 6.45) is 0. The van der Waals surface area contributed by atoms with E-state index in [4.69, 9.17) is 0 Å². The highest BCUT2D eigenvalue weighted by atomic mass is 32.2. The molecule has 2 N–H and O–H groups in total. The van der Waals surface area contributed by atoms with Crippen LogP contribution in [0.2, 0.25) is 0 Å². The van der Waals surface area contributed by atoms with Crippen molar-refractivity contribution in [1.29, 1.82) is 0 Å². The smallest absolute Gasteiger partial charge is 0.295 e. The number of phenolic OH excluding ortho intramolecular Hbond substituents is 1. The normalized spacial score (nSPS) is 12.2. The average Bonchev–Trinajstić information content (AvgIpc) is 2.68. The lowest BCUT2D eigenvalue weighted by Gasteiger charge is -2.08. The molecule has 28 heavy (non-hydrogen) atoms. The average molecular weight is 392 g/mol. The van der Waals surface area contributed by atoms with Crippen LogP contribution in [0.1, 0.15) is 5.56 Å². The van der Waals surface area contributed by atoms with Gasteiger partial charge in [0.1, 0.15) is 10.6 Å². The lowest BCUT2D eigenvalue weighted by atomic mass is 10.0. The molecule has 4 rings (SSSR count). The second kappa shape index (κ2) is 6.70. The molecule has 0 spiro atoms. The Hall–Kier alpha value is -3.29. The molecule has 4 aromatic carbocycles. The van der Waals surface area contributed by atoms with Crippen molar-refractivity contribution < 1.29 is 18.1 Å². The van der Waals surface area contributed by atoms with Gasteiger partial charge in [0.15, 0.2) is 5.75 Å². The van der Waals surface area contributed by atoms with Gasteiger partial charge in [-0.05, 0) is 36.1 Å². The fraction of sp³-hybridized carbons (Fsp3) is 0.0476. The van der Waals surface area contributed by atoms with E-state index < -0.39 is 10.1 Å². The van der Waals surface area contributed by atoms with Crippen LogP contribution >= 0.6 is 0 Å². The first-order valence-corrected chi connectivity index (χ1v) is 9.92. The van der Waals surface area contributed by atoms with E-state index in [1.165, 1.54) is 12.1 Å². The van der Waals surface area contributed by atoms with Gasteiger partial charge < -0.3 is 5.11 Å². The van der Waals surface area contributed by atoms with Gasteiger partial charge in [-0.1, -0.05) is 48.5 Å². The number of phenols is 1. The molecule has 4 aromatic rings. The Kier molecular flexibility index (Phi) is 4.33. The molecule has 0 fully saturated rings. The Morgan fingerprint density at radius 2 is 1.32 bits per heavy atom. The number of azo groups is 1. The van der Waals surface area contributed by atoms with Gasteiger partial charge in [-0.25, -0.2) is 0 Å². The van der Waals surface area contributed by atoms with Gasteiger partial charge in [-0.3, -0.25) is 4.55 Å². The maximum absolute atomic E-state index is 11.6. The minimum absolute atomic E-state index is 0.0313. The van der Waals surface area contributed by atoms with Crippen molar-refractivity contribution in [2.75, 3.05) is 0 Å². The van der Waals surface area contributed by atoms with Crippen molar-refractivity contribution in [3.8, 4) is 5.75 Å². The van der Waals surface area contributed by atoms with Crippen molar-refractivity contribution in [3.05, 3.63) is 72.3 Å². The summed E-state index contributed by atoms with van der Waals surface area (Å²) in [6.45, 7) is 1.93. The van der Waals surface area contributed by atoms with Crippen molar-refractivity contribution in [1.82, 2.24) is 0 Å². The Balaban J connectivity index is 1.87. The van der Waals surface area contributed by atoms with Gasteiger partial charge in [-0.2, -0.15) is 8.42 Å². The fourth-order valence-corrected chi connectivity index (χ4v) is 3.97. The molecule has 0 heterocycles. The molecule has 0 amide bonds. The van der Waals surface area contributed by atoms with Crippen LogP contribution < -0.4 is 0 Å². The summed E-state index contributed by atoms with van der Waals surface area (Å²) in [5.41, 5.74) is 1.70. The number of aryl methyl sites for hydroxylation is 1. The van der Waals surface area contributed by atoms with Gasteiger partial charge in [0.2, 0.25) is 0 Å². The minimum atomic E-state index is -4.36. The van der Waals surface area contributed by atoms with Gasteiger partial charge >= 0.3 is 0 Å². The molecule has 0 aliphatic carbocycles. The van der Waals surface area contributed by atoms with Crippen LogP contribution in [0.15, 0.2) is 81.9 Å². The predicted octanol–water partition coefficient (Wildman–Crippen LogP) is 5.67. The zero-order chi connectivity index (χ0) is 19.9. The summed E-state index contributed by atoms with van der Waals surface area (Å²) in [4.78, 5) is -0.188. The Morgan fingerprint density at radius 1 is 0.750 bits per heavy atom. The molecule has 140 valence electrons. The number of hydrogen-bond donors (Lipinski definition) is 2. The summed E-state index contributed by atoms with van der Waals surface area (Å²) in [6, 6.07) is 18.7. The van der Waals surface area contributed by atoms with E-state index in [9.17, 15) is 18.1 Å². The number of hydrogen-bond acceptors (Lipinski definition) is 5. The SMILES string of the molecule is Cc1cc(N=Nc2ccc(S(=O)(=O)O)c3ccccc23)c(O)c2ccccc12. The van der Waals surface area contributed by atoms with E-state index >= 15 is 0 Å². The summed E-state index contributed by atoms with van der Waals surface area (Å²) in [5.74, 6) is 0.0313. The van der Waals surface area contributed by atoms with E-state index in [-0.39, 0.29) is 10.6 Å². The second-order valence-electron chi connectivity index (χ2n) is 6.41. The molecule has 0 saturated carbocycles. The maximum atomic E-state index is 11.6. The Bertz CT molecular complexity index is 1360. The van der Waals surface area contributed by atoms with Crippen molar-refractivity contribution in [2.24, 2.45) is 10.2 Å². The third-order valence-electron chi connectivity index (χ3n) is 4.61. The Morgan fingerprint density at radius 3 is 2.00 bits per heavy atom. The van der Waals surface area contributed by atoms with Crippen LogP contribution in [0, 0.1) is 6.92 Å². The summed E-state index contributed by atoms with van der Waals surface area (Å²) < 4.78 is 32.7. The number of rotatable bonds is 3. The number of fused-ring (bicyclic) bond motifs is 2. The highest BCUT2D eigenvalue weighted by molar-refractivity contribution is 7.86. The van der Waals surface area contributed by atoms with Gasteiger partial charge in [0.25, 0.3) is 10.1 Å². The lowest BCUT2D eigenvalue weighted by molar-refractivity contribution is 0.482.